The predicted octanol–water partition coefficient (Wildman–Crippen LogP) is 4.29. The van der Waals surface area contributed by atoms with Gasteiger partial charge in [0, 0.05) is 17.5 Å². The number of hydrogen-bond donors (Lipinski definition) is 0. The van der Waals surface area contributed by atoms with Gasteiger partial charge in [0.05, 0.1) is 0 Å². The molecule has 2 nitrogen and oxygen atoms in total. The zero-order valence-corrected chi connectivity index (χ0v) is 12.4. The van der Waals surface area contributed by atoms with Crippen molar-refractivity contribution in [3.05, 3.63) is 35.4 Å². The minimum atomic E-state index is 0.273. The van der Waals surface area contributed by atoms with Gasteiger partial charge < -0.3 is 0 Å². The first-order valence-electron chi connectivity index (χ1n) is 8.24. The minimum Gasteiger partial charge on any atom is -0.298 e. The molecule has 4 aliphatic rings. The van der Waals surface area contributed by atoms with E-state index in [1.807, 2.05) is 12.1 Å². The highest BCUT2D eigenvalue weighted by atomic mass is 16.1. The van der Waals surface area contributed by atoms with Crippen LogP contribution in [0.2, 0.25) is 0 Å². The summed E-state index contributed by atoms with van der Waals surface area (Å²) in [5.74, 6) is 2.94. The highest BCUT2D eigenvalue weighted by molar-refractivity contribution is 5.97. The summed E-state index contributed by atoms with van der Waals surface area (Å²) in [6, 6.07) is 7.12. The summed E-state index contributed by atoms with van der Waals surface area (Å²) in [6.45, 7) is 0. The van der Waals surface area contributed by atoms with Crippen molar-refractivity contribution >= 4 is 12.1 Å². The maximum absolute atomic E-state index is 12.6. The molecule has 21 heavy (non-hydrogen) atoms. The Labute approximate surface area is 125 Å². The van der Waals surface area contributed by atoms with Crippen molar-refractivity contribution < 1.29 is 9.59 Å². The van der Waals surface area contributed by atoms with Crippen molar-refractivity contribution in [2.45, 2.75) is 44.9 Å². The first-order valence-corrected chi connectivity index (χ1v) is 8.24. The van der Waals surface area contributed by atoms with Gasteiger partial charge in [-0.15, -0.1) is 0 Å². The molecule has 1 aromatic rings. The van der Waals surface area contributed by atoms with Crippen molar-refractivity contribution in [2.75, 3.05) is 0 Å². The number of carbonyl (C=O) groups is 2. The molecule has 0 amide bonds. The van der Waals surface area contributed by atoms with Crippen LogP contribution < -0.4 is 0 Å². The Morgan fingerprint density at radius 3 is 2.00 bits per heavy atom. The molecule has 5 rings (SSSR count). The van der Waals surface area contributed by atoms with E-state index in [0.717, 1.165) is 36.0 Å². The molecule has 0 aliphatic heterocycles. The maximum Gasteiger partial charge on any atom is 0.163 e. The molecule has 110 valence electrons. The van der Waals surface area contributed by atoms with Crippen molar-refractivity contribution in [3.8, 4) is 0 Å². The first kappa shape index (κ1) is 13.2. The Morgan fingerprint density at radius 2 is 1.52 bits per heavy atom. The molecule has 4 fully saturated rings. The Balaban J connectivity index is 1.52. The molecule has 0 radical (unpaired) electrons. The second-order valence-electron chi connectivity index (χ2n) is 7.76. The van der Waals surface area contributed by atoms with Gasteiger partial charge in [0.2, 0.25) is 0 Å². The number of ketones is 1. The van der Waals surface area contributed by atoms with Crippen LogP contribution >= 0.6 is 0 Å². The van der Waals surface area contributed by atoms with Gasteiger partial charge in [-0.1, -0.05) is 24.3 Å². The van der Waals surface area contributed by atoms with Crippen LogP contribution in [0.1, 0.15) is 65.7 Å². The molecular weight excluding hydrogens is 260 g/mol. The van der Waals surface area contributed by atoms with Crippen molar-refractivity contribution in [2.24, 2.45) is 23.2 Å². The van der Waals surface area contributed by atoms with Crippen LogP contribution in [0.15, 0.2) is 24.3 Å². The lowest BCUT2D eigenvalue weighted by atomic mass is 9.48. The van der Waals surface area contributed by atoms with Crippen LogP contribution in [0.3, 0.4) is 0 Å². The molecule has 4 saturated carbocycles. The van der Waals surface area contributed by atoms with Gasteiger partial charge in [-0.3, -0.25) is 9.59 Å². The van der Waals surface area contributed by atoms with Crippen LogP contribution in [0.4, 0.5) is 0 Å². The Bertz CT molecular complexity index is 534. The van der Waals surface area contributed by atoms with E-state index in [-0.39, 0.29) is 5.78 Å². The molecule has 0 atom stereocenters. The van der Waals surface area contributed by atoms with E-state index in [2.05, 4.69) is 0 Å². The van der Waals surface area contributed by atoms with E-state index in [4.69, 9.17) is 0 Å². The third kappa shape index (κ3) is 2.35. The van der Waals surface area contributed by atoms with Gasteiger partial charge in [-0.05, 0) is 61.7 Å². The van der Waals surface area contributed by atoms with Crippen LogP contribution in [0, 0.1) is 23.2 Å². The molecule has 0 aromatic heterocycles. The predicted molar refractivity (Wildman–Crippen MR) is 81.4 cm³/mol. The summed E-state index contributed by atoms with van der Waals surface area (Å²) in [5, 5.41) is 0. The fourth-order valence-electron chi connectivity index (χ4n) is 5.70. The zero-order valence-electron chi connectivity index (χ0n) is 12.4. The third-order valence-corrected chi connectivity index (χ3v) is 6.07. The van der Waals surface area contributed by atoms with Crippen molar-refractivity contribution in [1.82, 2.24) is 0 Å². The van der Waals surface area contributed by atoms with Crippen LogP contribution in [-0.4, -0.2) is 12.1 Å². The van der Waals surface area contributed by atoms with Crippen LogP contribution in [0.25, 0.3) is 0 Å². The molecule has 1 aromatic carbocycles. The molecular formula is C19H22O2. The number of Topliss-reactive ketones (excluding diaryl/α,β-unsaturated/α-hetero) is 1. The van der Waals surface area contributed by atoms with E-state index in [1.165, 1.54) is 38.5 Å². The SMILES string of the molecule is O=Cc1ccc(C(=O)CC23CC4CC(CC(C4)C2)C3)cc1. The van der Waals surface area contributed by atoms with Crippen LogP contribution in [0.5, 0.6) is 0 Å². The van der Waals surface area contributed by atoms with Gasteiger partial charge in [-0.25, -0.2) is 0 Å². The van der Waals surface area contributed by atoms with E-state index in [0.29, 0.717) is 11.0 Å². The topological polar surface area (TPSA) is 34.1 Å². The molecule has 0 N–H and O–H groups in total. The maximum atomic E-state index is 12.6. The van der Waals surface area contributed by atoms with Crippen LogP contribution in [-0.2, 0) is 0 Å². The highest BCUT2D eigenvalue weighted by Crippen LogP contribution is 2.61. The highest BCUT2D eigenvalue weighted by Gasteiger charge is 2.51. The average molecular weight is 282 g/mol. The normalized spacial score (nSPS) is 36.7. The summed E-state index contributed by atoms with van der Waals surface area (Å²) < 4.78 is 0. The van der Waals surface area contributed by atoms with E-state index in [1.54, 1.807) is 12.1 Å². The second-order valence-corrected chi connectivity index (χ2v) is 7.76. The van der Waals surface area contributed by atoms with Gasteiger partial charge in [0.1, 0.15) is 6.29 Å². The lowest BCUT2D eigenvalue weighted by Crippen LogP contribution is -2.46. The number of aldehydes is 1. The Kier molecular flexibility index (Phi) is 3.02. The van der Waals surface area contributed by atoms with Gasteiger partial charge in [0.25, 0.3) is 0 Å². The molecule has 0 heterocycles. The summed E-state index contributed by atoms with van der Waals surface area (Å²) >= 11 is 0. The standard InChI is InChI=1S/C19H22O2/c20-12-13-1-3-17(4-2-13)18(21)11-19-8-14-5-15(9-19)7-16(6-14)10-19/h1-4,12,14-16H,5-11H2. The molecule has 2 heteroatoms. The average Bonchev–Trinajstić information content (AvgIpc) is 2.45. The fourth-order valence-corrected chi connectivity index (χ4v) is 5.70. The number of rotatable bonds is 4. The molecule has 4 aliphatic carbocycles. The summed E-state index contributed by atoms with van der Waals surface area (Å²) in [7, 11) is 0. The lowest BCUT2D eigenvalue weighted by molar-refractivity contribution is -0.0524. The monoisotopic (exact) mass is 282 g/mol. The largest absolute Gasteiger partial charge is 0.298 e. The summed E-state index contributed by atoms with van der Waals surface area (Å²) in [4.78, 5) is 23.3. The lowest BCUT2D eigenvalue weighted by Gasteiger charge is -2.56. The molecule has 0 spiro atoms. The quantitative estimate of drug-likeness (QED) is 0.610. The second kappa shape index (κ2) is 4.79. The minimum absolute atomic E-state index is 0.273. The van der Waals surface area contributed by atoms with Gasteiger partial charge >= 0.3 is 0 Å². The third-order valence-electron chi connectivity index (χ3n) is 6.07. The van der Waals surface area contributed by atoms with Gasteiger partial charge in [-0.2, -0.15) is 0 Å². The molecule has 0 unspecified atom stereocenters. The van der Waals surface area contributed by atoms with Crippen molar-refractivity contribution in [3.63, 3.8) is 0 Å². The Morgan fingerprint density at radius 1 is 1.00 bits per heavy atom. The van der Waals surface area contributed by atoms with E-state index >= 15 is 0 Å². The zero-order chi connectivity index (χ0) is 14.4. The van der Waals surface area contributed by atoms with Gasteiger partial charge in [0.15, 0.2) is 5.78 Å². The summed E-state index contributed by atoms with van der Waals surface area (Å²) in [5.41, 5.74) is 1.72. The summed E-state index contributed by atoms with van der Waals surface area (Å²) in [6.07, 6.45) is 9.63. The van der Waals surface area contributed by atoms with E-state index in [9.17, 15) is 9.59 Å². The Hall–Kier alpha value is -1.44. The van der Waals surface area contributed by atoms with E-state index < -0.39 is 0 Å². The number of hydrogen-bond acceptors (Lipinski definition) is 2. The molecule has 0 saturated heterocycles. The number of carbonyl (C=O) groups excluding carboxylic acids is 2. The molecule has 4 bridgehead atoms. The number of benzene rings is 1. The first-order chi connectivity index (χ1) is 10.2. The van der Waals surface area contributed by atoms with Crippen molar-refractivity contribution in [1.29, 1.82) is 0 Å². The fraction of sp³-hybridized carbons (Fsp3) is 0.579. The smallest absolute Gasteiger partial charge is 0.163 e.